The molecule has 4 nitrogen and oxygen atoms in total. The second-order valence-electron chi connectivity index (χ2n) is 4.35. The van der Waals surface area contributed by atoms with E-state index < -0.39 is 18.1 Å². The number of alkyl halides is 3. The predicted octanol–water partition coefficient (Wildman–Crippen LogP) is 2.84. The molecule has 0 saturated carbocycles. The van der Waals surface area contributed by atoms with E-state index in [9.17, 15) is 18.0 Å². The Labute approximate surface area is 123 Å². The number of carbonyl (C=O) groups excluding carboxylic acids is 1. The van der Waals surface area contributed by atoms with Crippen molar-refractivity contribution in [3.05, 3.63) is 53.1 Å². The van der Waals surface area contributed by atoms with Crippen molar-refractivity contribution >= 4 is 17.5 Å². The van der Waals surface area contributed by atoms with Gasteiger partial charge in [0.05, 0.1) is 0 Å². The van der Waals surface area contributed by atoms with Crippen LogP contribution in [0.5, 0.6) is 0 Å². The number of aryl methyl sites for hydroxylation is 1. The third-order valence-electron chi connectivity index (χ3n) is 2.85. The molecule has 1 heterocycles. The number of imidazole rings is 1. The Morgan fingerprint density at radius 3 is 2.43 bits per heavy atom. The fourth-order valence-corrected chi connectivity index (χ4v) is 1.95. The summed E-state index contributed by atoms with van der Waals surface area (Å²) in [6.07, 6.45) is -1.94. The predicted molar refractivity (Wildman–Crippen MR) is 70.7 cm³/mol. The summed E-state index contributed by atoms with van der Waals surface area (Å²) in [5, 5.41) is 2.39. The highest BCUT2D eigenvalue weighted by atomic mass is 35.5. The molecule has 1 aromatic carbocycles. The summed E-state index contributed by atoms with van der Waals surface area (Å²) in [5.41, 5.74) is 0.450. The molecule has 0 aliphatic heterocycles. The zero-order valence-corrected chi connectivity index (χ0v) is 11.6. The Hall–Kier alpha value is -2.02. The number of hydrogen-bond acceptors (Lipinski definition) is 2. The second-order valence-corrected chi connectivity index (χ2v) is 4.79. The van der Waals surface area contributed by atoms with Crippen LogP contribution in [0.25, 0.3) is 0 Å². The number of aromatic nitrogens is 2. The van der Waals surface area contributed by atoms with Crippen LogP contribution in [-0.4, -0.2) is 21.6 Å². The van der Waals surface area contributed by atoms with E-state index in [-0.39, 0.29) is 5.82 Å². The molecule has 2 rings (SSSR count). The summed E-state index contributed by atoms with van der Waals surface area (Å²) < 4.78 is 39.0. The van der Waals surface area contributed by atoms with E-state index in [1.165, 1.54) is 22.9 Å². The lowest BCUT2D eigenvalue weighted by Crippen LogP contribution is -2.40. The number of carbonyl (C=O) groups is 1. The number of amides is 1. The van der Waals surface area contributed by atoms with Gasteiger partial charge in [-0.2, -0.15) is 13.2 Å². The van der Waals surface area contributed by atoms with E-state index >= 15 is 0 Å². The van der Waals surface area contributed by atoms with E-state index in [4.69, 9.17) is 11.6 Å². The van der Waals surface area contributed by atoms with Crippen molar-refractivity contribution in [3.63, 3.8) is 0 Å². The minimum Gasteiger partial charge on any atom is -0.336 e. The molecule has 0 bridgehead atoms. The first-order valence-corrected chi connectivity index (χ1v) is 6.27. The standard InChI is InChI=1S/C13H11ClF3N3O/c1-20-7-6-18-11(20)10(19-12(21)13(15,16)17)8-2-4-9(14)5-3-8/h2-7,10H,1H3,(H,19,21). The lowest BCUT2D eigenvalue weighted by Gasteiger charge is -2.20. The topological polar surface area (TPSA) is 46.9 Å². The maximum Gasteiger partial charge on any atom is 0.471 e. The van der Waals surface area contributed by atoms with Crippen LogP contribution in [0.1, 0.15) is 17.4 Å². The summed E-state index contributed by atoms with van der Waals surface area (Å²) in [5.74, 6) is -1.74. The zero-order chi connectivity index (χ0) is 15.6. The van der Waals surface area contributed by atoms with Crippen LogP contribution in [0.2, 0.25) is 5.02 Å². The van der Waals surface area contributed by atoms with Crippen LogP contribution in [0.3, 0.4) is 0 Å². The third kappa shape index (κ3) is 3.55. The van der Waals surface area contributed by atoms with Gasteiger partial charge in [0, 0.05) is 24.5 Å². The molecule has 112 valence electrons. The first-order valence-electron chi connectivity index (χ1n) is 5.89. The highest BCUT2D eigenvalue weighted by Gasteiger charge is 2.40. The van der Waals surface area contributed by atoms with Crippen molar-refractivity contribution in [2.75, 3.05) is 0 Å². The van der Waals surface area contributed by atoms with Crippen LogP contribution in [0.4, 0.5) is 13.2 Å². The first-order chi connectivity index (χ1) is 9.79. The molecule has 21 heavy (non-hydrogen) atoms. The minimum absolute atomic E-state index is 0.287. The Bertz CT molecular complexity index is 637. The maximum absolute atomic E-state index is 12.5. The molecule has 0 saturated heterocycles. The zero-order valence-electron chi connectivity index (χ0n) is 10.9. The van der Waals surface area contributed by atoms with Gasteiger partial charge in [0.2, 0.25) is 0 Å². The Balaban J connectivity index is 2.38. The van der Waals surface area contributed by atoms with Crippen molar-refractivity contribution in [1.29, 1.82) is 0 Å². The van der Waals surface area contributed by atoms with E-state index in [0.717, 1.165) is 0 Å². The van der Waals surface area contributed by atoms with Crippen LogP contribution >= 0.6 is 11.6 Å². The Morgan fingerprint density at radius 1 is 1.33 bits per heavy atom. The van der Waals surface area contributed by atoms with Crippen molar-refractivity contribution in [3.8, 4) is 0 Å². The van der Waals surface area contributed by atoms with Crippen molar-refractivity contribution in [2.24, 2.45) is 7.05 Å². The molecule has 0 fully saturated rings. The number of rotatable bonds is 3. The number of nitrogens with zero attached hydrogens (tertiary/aromatic N) is 2. The number of halogens is 4. The summed E-state index contributed by atoms with van der Waals surface area (Å²) in [7, 11) is 1.63. The number of hydrogen-bond donors (Lipinski definition) is 1. The van der Waals surface area contributed by atoms with Gasteiger partial charge in [-0.1, -0.05) is 23.7 Å². The largest absolute Gasteiger partial charge is 0.471 e. The van der Waals surface area contributed by atoms with Crippen LogP contribution in [0.15, 0.2) is 36.7 Å². The lowest BCUT2D eigenvalue weighted by molar-refractivity contribution is -0.174. The van der Waals surface area contributed by atoms with E-state index in [2.05, 4.69) is 4.98 Å². The van der Waals surface area contributed by atoms with Gasteiger partial charge in [-0.25, -0.2) is 4.98 Å². The van der Waals surface area contributed by atoms with Gasteiger partial charge in [-0.05, 0) is 17.7 Å². The average molecular weight is 318 g/mol. The molecular formula is C13H11ClF3N3O. The van der Waals surface area contributed by atoms with Gasteiger partial charge in [0.1, 0.15) is 11.9 Å². The van der Waals surface area contributed by atoms with Crippen molar-refractivity contribution in [2.45, 2.75) is 12.2 Å². The van der Waals surface area contributed by atoms with E-state index in [1.807, 2.05) is 5.32 Å². The molecule has 1 unspecified atom stereocenters. The first kappa shape index (κ1) is 15.4. The smallest absolute Gasteiger partial charge is 0.336 e. The molecule has 1 aromatic heterocycles. The van der Waals surface area contributed by atoms with Gasteiger partial charge < -0.3 is 9.88 Å². The highest BCUT2D eigenvalue weighted by molar-refractivity contribution is 6.30. The lowest BCUT2D eigenvalue weighted by atomic mass is 10.1. The molecule has 0 aliphatic rings. The molecule has 0 radical (unpaired) electrons. The normalized spacial score (nSPS) is 13.0. The summed E-state index contributed by atoms with van der Waals surface area (Å²) in [6.45, 7) is 0. The van der Waals surface area contributed by atoms with Crippen molar-refractivity contribution in [1.82, 2.24) is 14.9 Å². The minimum atomic E-state index is -4.96. The van der Waals surface area contributed by atoms with Gasteiger partial charge in [0.15, 0.2) is 0 Å². The Morgan fingerprint density at radius 2 is 1.95 bits per heavy atom. The van der Waals surface area contributed by atoms with Crippen molar-refractivity contribution < 1.29 is 18.0 Å². The van der Waals surface area contributed by atoms with Gasteiger partial charge in [-0.3, -0.25) is 4.79 Å². The molecule has 0 spiro atoms. The maximum atomic E-state index is 12.5. The average Bonchev–Trinajstić information content (AvgIpc) is 2.82. The third-order valence-corrected chi connectivity index (χ3v) is 3.10. The second kappa shape index (κ2) is 5.77. The molecular weight excluding hydrogens is 307 g/mol. The molecule has 0 aliphatic carbocycles. The SMILES string of the molecule is Cn1ccnc1C(NC(=O)C(F)(F)F)c1ccc(Cl)cc1. The van der Waals surface area contributed by atoms with Gasteiger partial charge >= 0.3 is 12.1 Å². The van der Waals surface area contributed by atoms with Gasteiger partial charge in [-0.15, -0.1) is 0 Å². The summed E-state index contributed by atoms with van der Waals surface area (Å²) >= 11 is 5.76. The Kier molecular flexibility index (Phi) is 4.22. The summed E-state index contributed by atoms with van der Waals surface area (Å²) in [4.78, 5) is 15.2. The summed E-state index contributed by atoms with van der Waals surface area (Å²) in [6, 6.07) is 5.13. The number of nitrogens with one attached hydrogen (secondary N) is 1. The molecule has 2 aromatic rings. The molecule has 1 amide bonds. The van der Waals surface area contributed by atoms with Gasteiger partial charge in [0.25, 0.3) is 0 Å². The fraction of sp³-hybridized carbons (Fsp3) is 0.231. The van der Waals surface area contributed by atoms with E-state index in [1.54, 1.807) is 25.4 Å². The molecule has 1 N–H and O–H groups in total. The van der Waals surface area contributed by atoms with Crippen LogP contribution < -0.4 is 5.32 Å². The number of benzene rings is 1. The molecule has 1 atom stereocenters. The van der Waals surface area contributed by atoms with E-state index in [0.29, 0.717) is 10.6 Å². The quantitative estimate of drug-likeness (QED) is 0.946. The highest BCUT2D eigenvalue weighted by Crippen LogP contribution is 2.24. The monoisotopic (exact) mass is 317 g/mol. The molecule has 8 heteroatoms. The van der Waals surface area contributed by atoms with Crippen LogP contribution in [0, 0.1) is 0 Å². The van der Waals surface area contributed by atoms with Crippen LogP contribution in [-0.2, 0) is 11.8 Å². The fourth-order valence-electron chi connectivity index (χ4n) is 1.82.